The van der Waals surface area contributed by atoms with E-state index in [-0.39, 0.29) is 17.2 Å². The predicted molar refractivity (Wildman–Crippen MR) is 87.3 cm³/mol. The number of hydrogen-bond acceptors (Lipinski definition) is 3. The zero-order chi connectivity index (χ0) is 17.1. The van der Waals surface area contributed by atoms with Crippen LogP contribution in [0.1, 0.15) is 53.9 Å². The van der Waals surface area contributed by atoms with Gasteiger partial charge in [0, 0.05) is 12.0 Å². The van der Waals surface area contributed by atoms with Gasteiger partial charge in [-0.1, -0.05) is 34.6 Å². The van der Waals surface area contributed by atoms with Crippen LogP contribution >= 0.6 is 0 Å². The van der Waals surface area contributed by atoms with E-state index in [1.165, 1.54) is 0 Å². The number of carboxylic acids is 1. The highest BCUT2D eigenvalue weighted by molar-refractivity contribution is 5.81. The molecule has 126 valence electrons. The Morgan fingerprint density at radius 2 is 1.76 bits per heavy atom. The number of carbonyl (C=O) groups is 2. The summed E-state index contributed by atoms with van der Waals surface area (Å²) in [4.78, 5) is 23.7. The van der Waals surface area contributed by atoms with Gasteiger partial charge < -0.3 is 15.3 Å². The third-order valence-electron chi connectivity index (χ3n) is 3.60. The second-order valence-electron chi connectivity index (χ2n) is 6.30. The molecule has 0 radical (unpaired) electrons. The fourth-order valence-corrected chi connectivity index (χ4v) is 1.17. The zero-order valence-corrected chi connectivity index (χ0v) is 14.8. The van der Waals surface area contributed by atoms with Crippen LogP contribution in [0.3, 0.4) is 0 Å². The Kier molecular flexibility index (Phi) is 12.2. The lowest BCUT2D eigenvalue weighted by atomic mass is 9.89. The summed E-state index contributed by atoms with van der Waals surface area (Å²) in [5, 5.41) is 11.1. The van der Waals surface area contributed by atoms with Crippen molar-refractivity contribution < 1.29 is 14.7 Å². The molecule has 0 aliphatic rings. The average Bonchev–Trinajstić information content (AvgIpc) is 2.42. The molecule has 0 bridgehead atoms. The summed E-state index contributed by atoms with van der Waals surface area (Å²) in [5.74, 6) is -0.721. The first kappa shape index (κ1) is 22.2. The lowest BCUT2D eigenvalue weighted by Crippen LogP contribution is -2.37. The number of hydrogen-bond donors (Lipinski definition) is 2. The van der Waals surface area contributed by atoms with Gasteiger partial charge in [-0.25, -0.2) is 0 Å². The zero-order valence-electron chi connectivity index (χ0n) is 14.8. The third-order valence-corrected chi connectivity index (χ3v) is 3.60. The van der Waals surface area contributed by atoms with Crippen molar-refractivity contribution in [3.05, 3.63) is 0 Å². The molecule has 5 heteroatoms. The highest BCUT2D eigenvalue weighted by Crippen LogP contribution is 2.19. The molecule has 0 heterocycles. The first-order valence-corrected chi connectivity index (χ1v) is 7.74. The largest absolute Gasteiger partial charge is 0.481 e. The molecular formula is C16H34N2O3. The van der Waals surface area contributed by atoms with Crippen molar-refractivity contribution in [3.8, 4) is 0 Å². The first-order chi connectivity index (χ1) is 9.58. The van der Waals surface area contributed by atoms with Gasteiger partial charge in [0.05, 0.1) is 5.92 Å². The van der Waals surface area contributed by atoms with Crippen LogP contribution in [-0.4, -0.2) is 49.1 Å². The molecule has 2 N–H and O–H groups in total. The Morgan fingerprint density at radius 1 is 1.24 bits per heavy atom. The molecule has 0 saturated heterocycles. The molecule has 1 unspecified atom stereocenters. The van der Waals surface area contributed by atoms with Gasteiger partial charge in [-0.3, -0.25) is 9.59 Å². The van der Waals surface area contributed by atoms with Crippen molar-refractivity contribution in [1.29, 1.82) is 0 Å². The van der Waals surface area contributed by atoms with Crippen molar-refractivity contribution in [3.63, 3.8) is 0 Å². The topological polar surface area (TPSA) is 69.6 Å². The van der Waals surface area contributed by atoms with E-state index < -0.39 is 5.97 Å². The number of nitrogens with zero attached hydrogens (tertiary/aromatic N) is 1. The van der Waals surface area contributed by atoms with Crippen molar-refractivity contribution in [2.24, 2.45) is 11.3 Å². The molecule has 0 aromatic heterocycles. The maximum atomic E-state index is 11.6. The summed E-state index contributed by atoms with van der Waals surface area (Å²) < 4.78 is 0. The molecule has 0 aromatic rings. The van der Waals surface area contributed by atoms with Gasteiger partial charge >= 0.3 is 5.97 Å². The van der Waals surface area contributed by atoms with E-state index in [0.717, 1.165) is 32.4 Å². The lowest BCUT2D eigenvalue weighted by Gasteiger charge is -2.21. The number of carbonyl (C=O) groups excluding carboxylic acids is 1. The van der Waals surface area contributed by atoms with E-state index in [1.54, 1.807) is 6.92 Å². The minimum atomic E-state index is -0.706. The Morgan fingerprint density at radius 3 is 2.05 bits per heavy atom. The lowest BCUT2D eigenvalue weighted by molar-refractivity contribution is -0.141. The summed E-state index contributed by atoms with van der Waals surface area (Å²) in [6, 6.07) is 0. The number of nitrogens with one attached hydrogen (secondary N) is 1. The van der Waals surface area contributed by atoms with E-state index in [9.17, 15) is 9.59 Å². The second kappa shape index (κ2) is 11.5. The van der Waals surface area contributed by atoms with Gasteiger partial charge in [0.25, 0.3) is 0 Å². The van der Waals surface area contributed by atoms with E-state index in [0.29, 0.717) is 0 Å². The number of amides is 1. The smallest absolute Gasteiger partial charge is 0.306 e. The van der Waals surface area contributed by atoms with Gasteiger partial charge in [0.2, 0.25) is 5.91 Å². The van der Waals surface area contributed by atoms with Crippen molar-refractivity contribution in [1.82, 2.24) is 10.2 Å². The first-order valence-electron chi connectivity index (χ1n) is 7.74. The van der Waals surface area contributed by atoms with E-state index in [4.69, 9.17) is 5.11 Å². The molecule has 0 rings (SSSR count). The number of aliphatic carboxylic acids is 1. The molecule has 1 amide bonds. The maximum absolute atomic E-state index is 11.6. The number of carboxylic acid groups (broad SMARTS) is 1. The molecule has 0 fully saturated rings. The van der Waals surface area contributed by atoms with Crippen LogP contribution in [0.25, 0.3) is 0 Å². The van der Waals surface area contributed by atoms with Crippen LogP contribution in [0, 0.1) is 11.3 Å². The van der Waals surface area contributed by atoms with Gasteiger partial charge in [-0.2, -0.15) is 0 Å². The molecule has 0 aliphatic heterocycles. The van der Waals surface area contributed by atoms with Gasteiger partial charge in [-0.15, -0.1) is 0 Å². The van der Waals surface area contributed by atoms with Crippen LogP contribution in [0.2, 0.25) is 0 Å². The highest BCUT2D eigenvalue weighted by atomic mass is 16.4. The highest BCUT2D eigenvalue weighted by Gasteiger charge is 2.24. The normalized spacial score (nSPS) is 12.4. The van der Waals surface area contributed by atoms with E-state index >= 15 is 0 Å². The van der Waals surface area contributed by atoms with Crippen molar-refractivity contribution >= 4 is 11.9 Å². The second-order valence-corrected chi connectivity index (χ2v) is 6.30. The van der Waals surface area contributed by atoms with Gasteiger partial charge in [-0.05, 0) is 39.9 Å². The molecule has 0 spiro atoms. The number of rotatable bonds is 8. The molecular weight excluding hydrogens is 268 g/mol. The third kappa shape index (κ3) is 12.4. The Balaban J connectivity index is 0. The van der Waals surface area contributed by atoms with E-state index in [2.05, 4.69) is 10.2 Å². The van der Waals surface area contributed by atoms with Crippen LogP contribution in [0.4, 0.5) is 0 Å². The quantitative estimate of drug-likeness (QED) is 0.676. The Bertz CT molecular complexity index is 302. The molecule has 21 heavy (non-hydrogen) atoms. The summed E-state index contributed by atoms with van der Waals surface area (Å²) in [6.07, 6.45) is 2.61. The van der Waals surface area contributed by atoms with Gasteiger partial charge in [0.15, 0.2) is 0 Å². The predicted octanol–water partition coefficient (Wildman–Crippen LogP) is 2.61. The maximum Gasteiger partial charge on any atom is 0.306 e. The summed E-state index contributed by atoms with van der Waals surface area (Å²) in [7, 11) is 4.08. The molecule has 5 nitrogen and oxygen atoms in total. The summed E-state index contributed by atoms with van der Waals surface area (Å²) >= 11 is 0. The van der Waals surface area contributed by atoms with Crippen LogP contribution in [-0.2, 0) is 9.59 Å². The van der Waals surface area contributed by atoms with Crippen LogP contribution in [0.15, 0.2) is 0 Å². The van der Waals surface area contributed by atoms with Crippen LogP contribution < -0.4 is 5.32 Å². The fraction of sp³-hybridized carbons (Fsp3) is 0.875. The van der Waals surface area contributed by atoms with Crippen LogP contribution in [0.5, 0.6) is 0 Å². The SMILES string of the molecule is CCC(C)(C)C(=O)NCCCN(C)C.CCC(C)C(=O)O. The van der Waals surface area contributed by atoms with Crippen molar-refractivity contribution in [2.45, 2.75) is 53.9 Å². The van der Waals surface area contributed by atoms with Crippen molar-refractivity contribution in [2.75, 3.05) is 27.2 Å². The van der Waals surface area contributed by atoms with E-state index in [1.807, 2.05) is 41.8 Å². The molecule has 0 aromatic carbocycles. The molecule has 0 aliphatic carbocycles. The summed E-state index contributed by atoms with van der Waals surface area (Å²) in [5.41, 5.74) is -0.224. The molecule has 0 saturated carbocycles. The minimum absolute atomic E-state index is 0.166. The Labute approximate surface area is 130 Å². The standard InChI is InChI=1S/C11H24N2O.C5H10O2/c1-6-11(2,3)10(14)12-8-7-9-13(4)5;1-3-4(2)5(6)7/h6-9H2,1-5H3,(H,12,14);4H,3H2,1-2H3,(H,6,7). The monoisotopic (exact) mass is 302 g/mol. The van der Waals surface area contributed by atoms with Gasteiger partial charge in [0.1, 0.15) is 0 Å². The minimum Gasteiger partial charge on any atom is -0.481 e. The Hall–Kier alpha value is -1.10. The summed E-state index contributed by atoms with van der Waals surface area (Å²) in [6.45, 7) is 11.4. The fourth-order valence-electron chi connectivity index (χ4n) is 1.17. The average molecular weight is 302 g/mol. The molecule has 1 atom stereocenters.